The van der Waals surface area contributed by atoms with Crippen molar-refractivity contribution in [2.24, 2.45) is 0 Å². The van der Waals surface area contributed by atoms with Crippen molar-refractivity contribution in [3.8, 4) is 5.75 Å². The molecule has 2 aliphatic heterocycles. The van der Waals surface area contributed by atoms with Crippen LogP contribution in [0.15, 0.2) is 12.1 Å². The van der Waals surface area contributed by atoms with Crippen LogP contribution in [0.5, 0.6) is 5.75 Å². The number of rotatable bonds is 3. The zero-order valence-electron chi connectivity index (χ0n) is 11.4. The highest BCUT2D eigenvalue weighted by atomic mass is 19.1. The quantitative estimate of drug-likeness (QED) is 0.839. The van der Waals surface area contributed by atoms with Crippen LogP contribution in [0.1, 0.15) is 0 Å². The van der Waals surface area contributed by atoms with Crippen LogP contribution in [0, 0.1) is 11.6 Å². The third-order valence-electron chi connectivity index (χ3n) is 3.72. The van der Waals surface area contributed by atoms with Gasteiger partial charge in [-0.05, 0) is 7.05 Å². The Labute approximate surface area is 116 Å². The molecule has 0 radical (unpaired) electrons. The molecule has 110 valence electrons. The van der Waals surface area contributed by atoms with Gasteiger partial charge in [0.25, 0.3) is 0 Å². The molecule has 2 aliphatic rings. The van der Waals surface area contributed by atoms with Crippen LogP contribution in [-0.2, 0) is 4.74 Å². The van der Waals surface area contributed by atoms with E-state index in [9.17, 15) is 8.78 Å². The molecule has 4 nitrogen and oxygen atoms in total. The van der Waals surface area contributed by atoms with Gasteiger partial charge in [0.15, 0.2) is 11.6 Å². The number of halogens is 2. The van der Waals surface area contributed by atoms with E-state index in [1.807, 2.05) is 7.05 Å². The molecule has 0 N–H and O–H groups in total. The first-order chi connectivity index (χ1) is 9.63. The zero-order valence-corrected chi connectivity index (χ0v) is 11.4. The minimum Gasteiger partial charge on any atom is -0.485 e. The third-order valence-corrected chi connectivity index (χ3v) is 3.72. The number of benzene rings is 1. The summed E-state index contributed by atoms with van der Waals surface area (Å²) < 4.78 is 38.7. The molecule has 0 bridgehead atoms. The Balaban J connectivity index is 1.77. The number of anilines is 1. The maximum Gasteiger partial charge on any atom is 0.153 e. The van der Waals surface area contributed by atoms with E-state index in [0.717, 1.165) is 13.1 Å². The van der Waals surface area contributed by atoms with E-state index < -0.39 is 11.6 Å². The molecular weight excluding hydrogens is 266 g/mol. The van der Waals surface area contributed by atoms with Crippen molar-refractivity contribution in [1.82, 2.24) is 4.90 Å². The molecule has 2 heterocycles. The molecule has 0 aromatic heterocycles. The average molecular weight is 284 g/mol. The SMILES string of the molecule is CN1CCN(c2c(F)cc(OC3COC3)cc2F)CC1. The Kier molecular flexibility index (Phi) is 3.76. The zero-order chi connectivity index (χ0) is 14.1. The monoisotopic (exact) mass is 284 g/mol. The molecule has 0 amide bonds. The summed E-state index contributed by atoms with van der Waals surface area (Å²) in [6, 6.07) is 2.52. The highest BCUT2D eigenvalue weighted by Gasteiger charge is 2.24. The molecule has 0 atom stereocenters. The smallest absolute Gasteiger partial charge is 0.153 e. The second-order valence-electron chi connectivity index (χ2n) is 5.30. The van der Waals surface area contributed by atoms with Crippen LogP contribution in [-0.4, -0.2) is 57.4 Å². The van der Waals surface area contributed by atoms with E-state index in [4.69, 9.17) is 9.47 Å². The Morgan fingerprint density at radius 2 is 1.70 bits per heavy atom. The standard InChI is InChI=1S/C14H18F2N2O2/c1-17-2-4-18(5-3-17)14-12(15)6-10(7-13(14)16)20-11-8-19-9-11/h6-7,11H,2-5,8-9H2,1H3. The maximum absolute atomic E-state index is 14.2. The molecular formula is C14H18F2N2O2. The molecule has 0 saturated carbocycles. The Hall–Kier alpha value is -1.40. The van der Waals surface area contributed by atoms with Crippen LogP contribution < -0.4 is 9.64 Å². The summed E-state index contributed by atoms with van der Waals surface area (Å²) in [6.07, 6.45) is -0.0942. The normalized spacial score (nSPS) is 20.9. The van der Waals surface area contributed by atoms with E-state index in [1.165, 1.54) is 12.1 Å². The number of ether oxygens (including phenoxy) is 2. The summed E-state index contributed by atoms with van der Waals surface area (Å²) >= 11 is 0. The van der Waals surface area contributed by atoms with Gasteiger partial charge in [0.05, 0.1) is 13.2 Å². The summed E-state index contributed by atoms with van der Waals surface area (Å²) in [5.74, 6) is -0.902. The number of hydrogen-bond donors (Lipinski definition) is 0. The van der Waals surface area contributed by atoms with Gasteiger partial charge in [-0.1, -0.05) is 0 Å². The van der Waals surface area contributed by atoms with Crippen LogP contribution in [0.3, 0.4) is 0 Å². The van der Waals surface area contributed by atoms with E-state index >= 15 is 0 Å². The van der Waals surface area contributed by atoms with Gasteiger partial charge in [0.2, 0.25) is 0 Å². The van der Waals surface area contributed by atoms with Gasteiger partial charge in [-0.15, -0.1) is 0 Å². The van der Waals surface area contributed by atoms with Crippen molar-refractivity contribution in [2.75, 3.05) is 51.3 Å². The van der Waals surface area contributed by atoms with Gasteiger partial charge < -0.3 is 19.3 Å². The van der Waals surface area contributed by atoms with Gasteiger partial charge in [0.1, 0.15) is 17.5 Å². The molecule has 0 aliphatic carbocycles. The first-order valence-electron chi connectivity index (χ1n) is 6.80. The molecule has 0 spiro atoms. The lowest BCUT2D eigenvalue weighted by molar-refractivity contribution is -0.0798. The topological polar surface area (TPSA) is 24.9 Å². The fourth-order valence-corrected chi connectivity index (χ4v) is 2.42. The van der Waals surface area contributed by atoms with E-state index in [0.29, 0.717) is 26.3 Å². The van der Waals surface area contributed by atoms with Gasteiger partial charge in [-0.3, -0.25) is 0 Å². The molecule has 2 fully saturated rings. The molecule has 0 unspecified atom stereocenters. The maximum atomic E-state index is 14.2. The van der Waals surface area contributed by atoms with E-state index in [1.54, 1.807) is 4.90 Å². The van der Waals surface area contributed by atoms with Crippen molar-refractivity contribution in [3.63, 3.8) is 0 Å². The van der Waals surface area contributed by atoms with Gasteiger partial charge in [0, 0.05) is 38.3 Å². The number of piperazine rings is 1. The molecule has 6 heteroatoms. The molecule has 1 aromatic carbocycles. The van der Waals surface area contributed by atoms with Crippen molar-refractivity contribution in [2.45, 2.75) is 6.10 Å². The lowest BCUT2D eigenvalue weighted by atomic mass is 10.2. The molecule has 3 rings (SSSR count). The number of hydrogen-bond acceptors (Lipinski definition) is 4. The number of likely N-dealkylation sites (N-methyl/N-ethyl adjacent to an activating group) is 1. The second-order valence-corrected chi connectivity index (χ2v) is 5.30. The first-order valence-corrected chi connectivity index (χ1v) is 6.80. The van der Waals surface area contributed by atoms with Crippen molar-refractivity contribution >= 4 is 5.69 Å². The Morgan fingerprint density at radius 3 is 2.20 bits per heavy atom. The largest absolute Gasteiger partial charge is 0.485 e. The summed E-state index contributed by atoms with van der Waals surface area (Å²) in [6.45, 7) is 3.81. The van der Waals surface area contributed by atoms with Crippen LogP contribution in [0.4, 0.5) is 14.5 Å². The second kappa shape index (κ2) is 5.54. The molecule has 2 saturated heterocycles. The lowest BCUT2D eigenvalue weighted by Crippen LogP contribution is -2.45. The van der Waals surface area contributed by atoms with Crippen molar-refractivity contribution in [3.05, 3.63) is 23.8 Å². The highest BCUT2D eigenvalue weighted by molar-refractivity contribution is 5.52. The van der Waals surface area contributed by atoms with E-state index in [2.05, 4.69) is 4.90 Å². The van der Waals surface area contributed by atoms with Gasteiger partial charge in [-0.2, -0.15) is 0 Å². The van der Waals surface area contributed by atoms with Crippen LogP contribution >= 0.6 is 0 Å². The van der Waals surface area contributed by atoms with Gasteiger partial charge in [-0.25, -0.2) is 8.78 Å². The summed E-state index contributed by atoms with van der Waals surface area (Å²) in [4.78, 5) is 3.89. The predicted molar refractivity (Wildman–Crippen MR) is 71.3 cm³/mol. The fraction of sp³-hybridized carbons (Fsp3) is 0.571. The number of nitrogens with zero attached hydrogens (tertiary/aromatic N) is 2. The third kappa shape index (κ3) is 2.71. The minimum absolute atomic E-state index is 0.0512. The lowest BCUT2D eigenvalue weighted by Gasteiger charge is -2.34. The summed E-state index contributed by atoms with van der Waals surface area (Å²) in [5, 5.41) is 0. The fourth-order valence-electron chi connectivity index (χ4n) is 2.42. The Morgan fingerprint density at radius 1 is 1.10 bits per heavy atom. The van der Waals surface area contributed by atoms with Gasteiger partial charge >= 0.3 is 0 Å². The van der Waals surface area contributed by atoms with Crippen molar-refractivity contribution < 1.29 is 18.3 Å². The predicted octanol–water partition coefficient (Wildman–Crippen LogP) is 1.49. The minimum atomic E-state index is -0.565. The van der Waals surface area contributed by atoms with Crippen LogP contribution in [0.25, 0.3) is 0 Å². The van der Waals surface area contributed by atoms with Crippen molar-refractivity contribution in [1.29, 1.82) is 0 Å². The highest BCUT2D eigenvalue weighted by Crippen LogP contribution is 2.29. The van der Waals surface area contributed by atoms with Crippen LogP contribution in [0.2, 0.25) is 0 Å². The first kappa shape index (κ1) is 13.6. The molecule has 20 heavy (non-hydrogen) atoms. The molecule has 1 aromatic rings. The van der Waals surface area contributed by atoms with E-state index in [-0.39, 0.29) is 17.5 Å². The Bertz CT molecular complexity index is 463. The summed E-state index contributed by atoms with van der Waals surface area (Å²) in [7, 11) is 2.00. The summed E-state index contributed by atoms with van der Waals surface area (Å²) in [5.41, 5.74) is 0.0512. The average Bonchev–Trinajstić information content (AvgIpc) is 2.35.